The minimum absolute atomic E-state index is 0.201. The van der Waals surface area contributed by atoms with Crippen molar-refractivity contribution in [1.29, 1.82) is 0 Å². The first kappa shape index (κ1) is 21.4. The second-order valence-electron chi connectivity index (χ2n) is 7.54. The van der Waals surface area contributed by atoms with Crippen molar-refractivity contribution in [3.8, 4) is 11.1 Å². The number of aryl methyl sites for hydroxylation is 3. The van der Waals surface area contributed by atoms with Crippen molar-refractivity contribution < 1.29 is 19.5 Å². The summed E-state index contributed by atoms with van der Waals surface area (Å²) in [6.45, 7) is 9.58. The summed E-state index contributed by atoms with van der Waals surface area (Å²) >= 11 is 0. The van der Waals surface area contributed by atoms with Crippen molar-refractivity contribution in [2.45, 2.75) is 47.1 Å². The van der Waals surface area contributed by atoms with E-state index in [1.165, 1.54) is 5.56 Å². The van der Waals surface area contributed by atoms with E-state index in [4.69, 9.17) is 0 Å². The summed E-state index contributed by atoms with van der Waals surface area (Å²) in [4.78, 5) is 35.7. The number of amides is 1. The zero-order chi connectivity index (χ0) is 21.0. The molecular weight excluding hydrogens is 354 g/mol. The lowest BCUT2D eigenvalue weighted by Crippen LogP contribution is -2.42. The van der Waals surface area contributed by atoms with Gasteiger partial charge in [-0.05, 0) is 55.2 Å². The molecule has 0 aromatic heterocycles. The average molecular weight is 381 g/mol. The Hall–Kier alpha value is -2.95. The fourth-order valence-electron chi connectivity index (χ4n) is 3.30. The number of rotatable bonds is 7. The van der Waals surface area contributed by atoms with E-state index in [9.17, 15) is 19.5 Å². The second kappa shape index (κ2) is 8.83. The van der Waals surface area contributed by atoms with Gasteiger partial charge in [-0.25, -0.2) is 4.79 Å². The number of nitrogens with one attached hydrogen (secondary N) is 1. The number of carboxylic acid groups (broad SMARTS) is 1. The van der Waals surface area contributed by atoms with Crippen LogP contribution in [0.3, 0.4) is 0 Å². The SMILES string of the molecule is Cc1cc(C)c(-c2ccc(C(=O)NC(CC(=O)C(C)C)C(=O)O)cc2)c(C)c1. The molecule has 1 amide bonds. The molecule has 2 N–H and O–H groups in total. The highest BCUT2D eigenvalue weighted by atomic mass is 16.4. The fourth-order valence-corrected chi connectivity index (χ4v) is 3.30. The molecule has 0 fully saturated rings. The number of carboxylic acids is 1. The fraction of sp³-hybridized carbons (Fsp3) is 0.348. The first-order valence-electron chi connectivity index (χ1n) is 9.34. The van der Waals surface area contributed by atoms with Crippen molar-refractivity contribution in [3.63, 3.8) is 0 Å². The zero-order valence-corrected chi connectivity index (χ0v) is 17.0. The Bertz CT molecular complexity index is 874. The van der Waals surface area contributed by atoms with E-state index in [0.29, 0.717) is 5.56 Å². The predicted molar refractivity (Wildman–Crippen MR) is 109 cm³/mol. The first-order chi connectivity index (χ1) is 13.1. The number of carbonyl (C=O) groups excluding carboxylic acids is 2. The lowest BCUT2D eigenvalue weighted by Gasteiger charge is -2.16. The van der Waals surface area contributed by atoms with Gasteiger partial charge in [0.2, 0.25) is 0 Å². The highest BCUT2D eigenvalue weighted by Gasteiger charge is 2.25. The molecule has 0 saturated heterocycles. The Morgan fingerprint density at radius 3 is 1.96 bits per heavy atom. The molecule has 2 aromatic carbocycles. The van der Waals surface area contributed by atoms with E-state index in [2.05, 4.69) is 38.2 Å². The molecule has 0 aliphatic carbocycles. The molecule has 5 nitrogen and oxygen atoms in total. The number of hydrogen-bond acceptors (Lipinski definition) is 3. The minimum Gasteiger partial charge on any atom is -0.480 e. The molecule has 0 radical (unpaired) electrons. The van der Waals surface area contributed by atoms with Gasteiger partial charge in [0.25, 0.3) is 5.91 Å². The third kappa shape index (κ3) is 5.06. The van der Waals surface area contributed by atoms with Crippen LogP contribution in [0, 0.1) is 26.7 Å². The Balaban J connectivity index is 2.19. The molecule has 0 aliphatic rings. The first-order valence-corrected chi connectivity index (χ1v) is 9.34. The Morgan fingerprint density at radius 1 is 0.964 bits per heavy atom. The molecule has 5 heteroatoms. The second-order valence-corrected chi connectivity index (χ2v) is 7.54. The van der Waals surface area contributed by atoms with E-state index in [1.54, 1.807) is 26.0 Å². The van der Waals surface area contributed by atoms with E-state index in [0.717, 1.165) is 22.3 Å². The summed E-state index contributed by atoms with van der Waals surface area (Å²) in [6.07, 6.45) is -0.224. The largest absolute Gasteiger partial charge is 0.480 e. The lowest BCUT2D eigenvalue weighted by molar-refractivity contribution is -0.141. The van der Waals surface area contributed by atoms with Gasteiger partial charge in [0.1, 0.15) is 11.8 Å². The molecule has 28 heavy (non-hydrogen) atoms. The van der Waals surface area contributed by atoms with Crippen LogP contribution in [0.15, 0.2) is 36.4 Å². The summed E-state index contributed by atoms with van der Waals surface area (Å²) in [5.41, 5.74) is 6.00. The van der Waals surface area contributed by atoms with Crippen LogP contribution in [0.5, 0.6) is 0 Å². The topological polar surface area (TPSA) is 83.5 Å². The van der Waals surface area contributed by atoms with Gasteiger partial charge in [0.05, 0.1) is 0 Å². The van der Waals surface area contributed by atoms with Crippen molar-refractivity contribution in [2.75, 3.05) is 0 Å². The van der Waals surface area contributed by atoms with Gasteiger partial charge in [-0.15, -0.1) is 0 Å². The van der Waals surface area contributed by atoms with E-state index in [-0.39, 0.29) is 18.1 Å². The van der Waals surface area contributed by atoms with Crippen molar-refractivity contribution in [3.05, 3.63) is 58.7 Å². The summed E-state index contributed by atoms with van der Waals surface area (Å²) < 4.78 is 0. The number of Topliss-reactive ketones (excluding diaryl/α,β-unsaturated/α-hetero) is 1. The van der Waals surface area contributed by atoms with E-state index < -0.39 is 17.9 Å². The van der Waals surface area contributed by atoms with Crippen LogP contribution < -0.4 is 5.32 Å². The summed E-state index contributed by atoms with van der Waals surface area (Å²) in [7, 11) is 0. The van der Waals surface area contributed by atoms with Gasteiger partial charge in [-0.2, -0.15) is 0 Å². The normalized spacial score (nSPS) is 11.9. The van der Waals surface area contributed by atoms with Crippen LogP contribution >= 0.6 is 0 Å². The Morgan fingerprint density at radius 2 is 1.50 bits per heavy atom. The van der Waals surface area contributed by atoms with E-state index in [1.807, 2.05) is 12.1 Å². The molecule has 2 rings (SSSR count). The van der Waals surface area contributed by atoms with Gasteiger partial charge in [-0.1, -0.05) is 43.7 Å². The third-order valence-corrected chi connectivity index (χ3v) is 4.77. The van der Waals surface area contributed by atoms with Gasteiger partial charge in [0.15, 0.2) is 0 Å². The van der Waals surface area contributed by atoms with Gasteiger partial charge < -0.3 is 10.4 Å². The summed E-state index contributed by atoms with van der Waals surface area (Å²) in [5, 5.41) is 11.8. The van der Waals surface area contributed by atoms with Crippen LogP contribution in [-0.2, 0) is 9.59 Å². The number of aliphatic carboxylic acids is 1. The number of ketones is 1. The average Bonchev–Trinajstić information content (AvgIpc) is 2.60. The lowest BCUT2D eigenvalue weighted by atomic mass is 9.93. The smallest absolute Gasteiger partial charge is 0.326 e. The van der Waals surface area contributed by atoms with E-state index >= 15 is 0 Å². The van der Waals surface area contributed by atoms with Crippen LogP contribution in [0.25, 0.3) is 11.1 Å². The van der Waals surface area contributed by atoms with Crippen LogP contribution in [0.2, 0.25) is 0 Å². The molecule has 0 aliphatic heterocycles. The number of hydrogen-bond donors (Lipinski definition) is 2. The van der Waals surface area contributed by atoms with Crippen LogP contribution in [0.1, 0.15) is 47.3 Å². The maximum Gasteiger partial charge on any atom is 0.326 e. The molecule has 0 bridgehead atoms. The highest BCUT2D eigenvalue weighted by Crippen LogP contribution is 2.28. The van der Waals surface area contributed by atoms with Gasteiger partial charge >= 0.3 is 5.97 Å². The minimum atomic E-state index is -1.23. The van der Waals surface area contributed by atoms with Gasteiger partial charge in [0, 0.05) is 17.9 Å². The third-order valence-electron chi connectivity index (χ3n) is 4.77. The molecule has 1 unspecified atom stereocenters. The molecule has 0 heterocycles. The van der Waals surface area contributed by atoms with Crippen molar-refractivity contribution in [2.24, 2.45) is 5.92 Å². The van der Waals surface area contributed by atoms with Gasteiger partial charge in [-0.3, -0.25) is 9.59 Å². The quantitative estimate of drug-likeness (QED) is 0.757. The molecule has 0 spiro atoms. The molecule has 0 saturated carbocycles. The van der Waals surface area contributed by atoms with Crippen molar-refractivity contribution in [1.82, 2.24) is 5.32 Å². The van der Waals surface area contributed by atoms with Crippen molar-refractivity contribution >= 4 is 17.7 Å². The Labute approximate surface area is 165 Å². The Kier molecular flexibility index (Phi) is 6.73. The zero-order valence-electron chi connectivity index (χ0n) is 17.0. The molecule has 1 atom stereocenters. The number of carbonyl (C=O) groups is 3. The molecular formula is C23H27NO4. The highest BCUT2D eigenvalue weighted by molar-refractivity contribution is 5.98. The van der Waals surface area contributed by atoms with Crippen LogP contribution in [0.4, 0.5) is 0 Å². The molecule has 148 valence electrons. The maximum absolute atomic E-state index is 12.5. The number of benzene rings is 2. The van der Waals surface area contributed by atoms with Crippen LogP contribution in [-0.4, -0.2) is 28.8 Å². The predicted octanol–water partition coefficient (Wildman–Crippen LogP) is 4.08. The summed E-state index contributed by atoms with van der Waals surface area (Å²) in [5.74, 6) is -2.20. The summed E-state index contributed by atoms with van der Waals surface area (Å²) in [6, 6.07) is 10.1. The molecule has 2 aromatic rings. The monoisotopic (exact) mass is 381 g/mol. The maximum atomic E-state index is 12.5. The standard InChI is InChI=1S/C23H27NO4/c1-13(2)20(25)12-19(23(27)28)24-22(26)18-8-6-17(7-9-18)21-15(4)10-14(3)11-16(21)5/h6-11,13,19H,12H2,1-5H3,(H,24,26)(H,27,28).